The SMILES string of the molecule is CN1CC2CC23CC(Oc2cccc(C(F)(F)F)n2)C13. The van der Waals surface area contributed by atoms with Crippen LogP contribution in [-0.2, 0) is 6.18 Å². The molecule has 3 fully saturated rings. The summed E-state index contributed by atoms with van der Waals surface area (Å²) in [6.07, 6.45) is -2.25. The van der Waals surface area contributed by atoms with E-state index < -0.39 is 11.9 Å². The van der Waals surface area contributed by atoms with Gasteiger partial charge in [-0.2, -0.15) is 13.2 Å². The van der Waals surface area contributed by atoms with Gasteiger partial charge in [0, 0.05) is 12.6 Å². The first-order valence-corrected chi connectivity index (χ1v) is 6.81. The molecular formula is C14H15F3N2O. The van der Waals surface area contributed by atoms with Crippen LogP contribution in [0, 0.1) is 11.3 Å². The molecule has 6 heteroatoms. The van der Waals surface area contributed by atoms with Crippen molar-refractivity contribution < 1.29 is 17.9 Å². The van der Waals surface area contributed by atoms with Crippen molar-refractivity contribution in [3.8, 4) is 5.88 Å². The molecule has 1 aromatic heterocycles. The van der Waals surface area contributed by atoms with Crippen LogP contribution in [0.1, 0.15) is 18.5 Å². The number of hydrogen-bond acceptors (Lipinski definition) is 3. The lowest BCUT2D eigenvalue weighted by atomic mass is 9.73. The Bertz CT molecular complexity index is 562. The first kappa shape index (κ1) is 12.4. The van der Waals surface area contributed by atoms with Crippen LogP contribution in [0.15, 0.2) is 18.2 Å². The number of likely N-dealkylation sites (tertiary alicyclic amines) is 1. The Kier molecular flexibility index (Phi) is 2.28. The molecule has 1 spiro atoms. The Morgan fingerprint density at radius 3 is 2.85 bits per heavy atom. The summed E-state index contributed by atoms with van der Waals surface area (Å²) >= 11 is 0. The van der Waals surface area contributed by atoms with Crippen LogP contribution in [0.3, 0.4) is 0 Å². The second-order valence-corrected chi connectivity index (χ2v) is 6.24. The first-order chi connectivity index (χ1) is 9.40. The largest absolute Gasteiger partial charge is 0.473 e. The van der Waals surface area contributed by atoms with Crippen molar-refractivity contribution in [3.63, 3.8) is 0 Å². The maximum absolute atomic E-state index is 12.6. The van der Waals surface area contributed by atoms with Gasteiger partial charge in [-0.05, 0) is 37.3 Å². The number of nitrogens with zero attached hydrogens (tertiary/aromatic N) is 2. The van der Waals surface area contributed by atoms with Gasteiger partial charge >= 0.3 is 6.18 Å². The Balaban J connectivity index is 1.51. The third-order valence-corrected chi connectivity index (χ3v) is 5.07. The maximum Gasteiger partial charge on any atom is 0.433 e. The number of piperidine rings is 1. The fraction of sp³-hybridized carbons (Fsp3) is 0.643. The molecule has 4 rings (SSSR count). The van der Waals surface area contributed by atoms with Crippen LogP contribution in [-0.4, -0.2) is 35.6 Å². The smallest absolute Gasteiger partial charge is 0.433 e. The molecule has 3 aliphatic rings. The third-order valence-electron chi connectivity index (χ3n) is 5.07. The Labute approximate surface area is 114 Å². The van der Waals surface area contributed by atoms with Crippen LogP contribution < -0.4 is 4.74 Å². The van der Waals surface area contributed by atoms with Gasteiger partial charge < -0.3 is 4.74 Å². The summed E-state index contributed by atoms with van der Waals surface area (Å²) in [5.41, 5.74) is -0.491. The van der Waals surface area contributed by atoms with Crippen molar-refractivity contribution in [1.82, 2.24) is 9.88 Å². The van der Waals surface area contributed by atoms with Gasteiger partial charge in [0.05, 0.1) is 6.04 Å². The molecule has 0 N–H and O–H groups in total. The summed E-state index contributed by atoms with van der Waals surface area (Å²) in [7, 11) is 2.06. The lowest BCUT2D eigenvalue weighted by Crippen LogP contribution is -2.56. The summed E-state index contributed by atoms with van der Waals surface area (Å²) in [5.74, 6) is 0.851. The number of hydrogen-bond donors (Lipinski definition) is 0. The second-order valence-electron chi connectivity index (χ2n) is 6.24. The van der Waals surface area contributed by atoms with Crippen LogP contribution in [0.4, 0.5) is 13.2 Å². The number of rotatable bonds is 2. The van der Waals surface area contributed by atoms with E-state index in [1.165, 1.54) is 18.6 Å². The molecule has 4 atom stereocenters. The highest BCUT2D eigenvalue weighted by Gasteiger charge is 2.74. The van der Waals surface area contributed by atoms with Crippen LogP contribution >= 0.6 is 0 Å². The van der Waals surface area contributed by atoms with Gasteiger partial charge in [0.2, 0.25) is 5.88 Å². The van der Waals surface area contributed by atoms with Gasteiger partial charge in [0.1, 0.15) is 11.8 Å². The van der Waals surface area contributed by atoms with Crippen LogP contribution in [0.5, 0.6) is 5.88 Å². The van der Waals surface area contributed by atoms with Crippen molar-refractivity contribution in [2.75, 3.05) is 13.6 Å². The van der Waals surface area contributed by atoms with E-state index in [2.05, 4.69) is 16.9 Å². The van der Waals surface area contributed by atoms with E-state index in [4.69, 9.17) is 4.74 Å². The monoisotopic (exact) mass is 284 g/mol. The number of pyridine rings is 1. The minimum absolute atomic E-state index is 0.0246. The zero-order valence-electron chi connectivity index (χ0n) is 11.0. The molecule has 0 aromatic carbocycles. The van der Waals surface area contributed by atoms with Gasteiger partial charge in [-0.15, -0.1) is 0 Å². The highest BCUT2D eigenvalue weighted by atomic mass is 19.4. The Hall–Kier alpha value is -1.30. The molecule has 2 saturated carbocycles. The van der Waals surface area contributed by atoms with Crippen LogP contribution in [0.25, 0.3) is 0 Å². The third kappa shape index (κ3) is 1.60. The topological polar surface area (TPSA) is 25.4 Å². The maximum atomic E-state index is 12.6. The number of halogens is 3. The highest BCUT2D eigenvalue weighted by Crippen LogP contribution is 2.71. The van der Waals surface area contributed by atoms with Crippen molar-refractivity contribution in [2.45, 2.75) is 31.2 Å². The van der Waals surface area contributed by atoms with E-state index in [0.717, 1.165) is 24.9 Å². The summed E-state index contributed by atoms with van der Waals surface area (Å²) in [6, 6.07) is 4.16. The molecule has 108 valence electrons. The molecule has 4 unspecified atom stereocenters. The van der Waals surface area contributed by atoms with E-state index in [-0.39, 0.29) is 12.0 Å². The predicted molar refractivity (Wildman–Crippen MR) is 65.2 cm³/mol. The number of likely N-dealkylation sites (N-methyl/N-ethyl adjacent to an activating group) is 1. The van der Waals surface area contributed by atoms with Crippen molar-refractivity contribution in [3.05, 3.63) is 23.9 Å². The Morgan fingerprint density at radius 2 is 2.15 bits per heavy atom. The molecule has 2 aliphatic carbocycles. The molecule has 0 radical (unpaired) electrons. The predicted octanol–water partition coefficient (Wildman–Crippen LogP) is 2.57. The number of aromatic nitrogens is 1. The lowest BCUT2D eigenvalue weighted by Gasteiger charge is -2.46. The molecule has 3 nitrogen and oxygen atoms in total. The molecule has 1 aromatic rings. The summed E-state index contributed by atoms with van der Waals surface area (Å²) in [5, 5.41) is 0. The molecule has 2 heterocycles. The van der Waals surface area contributed by atoms with Gasteiger partial charge in [-0.1, -0.05) is 6.07 Å². The molecule has 1 saturated heterocycles. The standard InChI is InChI=1S/C14H15F3N2O/c1-19-7-8-5-13(8)6-9(12(13)19)20-11-4-2-3-10(18-11)14(15,16)17/h2-4,8-9,12H,5-7H2,1H3. The molecule has 1 aliphatic heterocycles. The Morgan fingerprint density at radius 1 is 1.35 bits per heavy atom. The van der Waals surface area contributed by atoms with Gasteiger partial charge in [-0.3, -0.25) is 4.90 Å². The quantitative estimate of drug-likeness (QED) is 0.834. The summed E-state index contributed by atoms with van der Waals surface area (Å²) < 4.78 is 43.6. The molecule has 20 heavy (non-hydrogen) atoms. The van der Waals surface area contributed by atoms with Gasteiger partial charge in [-0.25, -0.2) is 4.98 Å². The van der Waals surface area contributed by atoms with Crippen LogP contribution in [0.2, 0.25) is 0 Å². The summed E-state index contributed by atoms with van der Waals surface area (Å²) in [6.45, 7) is 1.08. The lowest BCUT2D eigenvalue weighted by molar-refractivity contribution is -0.141. The van der Waals surface area contributed by atoms with Crippen molar-refractivity contribution in [2.24, 2.45) is 11.3 Å². The van der Waals surface area contributed by atoms with E-state index in [9.17, 15) is 13.2 Å². The summed E-state index contributed by atoms with van der Waals surface area (Å²) in [4.78, 5) is 5.85. The van der Waals surface area contributed by atoms with Crippen molar-refractivity contribution >= 4 is 0 Å². The highest BCUT2D eigenvalue weighted by molar-refractivity contribution is 5.27. The average molecular weight is 284 g/mol. The number of alkyl halides is 3. The minimum atomic E-state index is -4.42. The first-order valence-electron chi connectivity index (χ1n) is 6.81. The zero-order valence-corrected chi connectivity index (χ0v) is 11.0. The van der Waals surface area contributed by atoms with Gasteiger partial charge in [0.25, 0.3) is 0 Å². The fourth-order valence-corrected chi connectivity index (χ4v) is 4.16. The molecule has 0 bridgehead atoms. The number of ether oxygens (including phenoxy) is 1. The van der Waals surface area contributed by atoms with E-state index in [1.807, 2.05) is 0 Å². The van der Waals surface area contributed by atoms with E-state index in [1.54, 1.807) is 0 Å². The zero-order chi connectivity index (χ0) is 14.1. The fourth-order valence-electron chi connectivity index (χ4n) is 4.16. The van der Waals surface area contributed by atoms with Gasteiger partial charge in [0.15, 0.2) is 0 Å². The second kappa shape index (κ2) is 3.67. The van der Waals surface area contributed by atoms with E-state index >= 15 is 0 Å². The molecule has 0 amide bonds. The molecular weight excluding hydrogens is 269 g/mol. The van der Waals surface area contributed by atoms with Crippen molar-refractivity contribution in [1.29, 1.82) is 0 Å². The van der Waals surface area contributed by atoms with E-state index in [0.29, 0.717) is 11.5 Å². The minimum Gasteiger partial charge on any atom is -0.473 e. The average Bonchev–Trinajstić information content (AvgIpc) is 2.97. The normalized spacial score (nSPS) is 38.9.